The molecule has 2 aliphatic rings. The van der Waals surface area contributed by atoms with E-state index in [4.69, 9.17) is 0 Å². The summed E-state index contributed by atoms with van der Waals surface area (Å²) in [6.07, 6.45) is 1.70. The van der Waals surface area contributed by atoms with Gasteiger partial charge in [0, 0.05) is 25.4 Å². The molecule has 1 heterocycles. The molecule has 0 aromatic carbocycles. The van der Waals surface area contributed by atoms with Crippen molar-refractivity contribution >= 4 is 11.8 Å². The molecule has 1 aliphatic heterocycles. The third kappa shape index (κ3) is 5.18. The lowest BCUT2D eigenvalue weighted by Crippen LogP contribution is -2.44. The highest BCUT2D eigenvalue weighted by molar-refractivity contribution is 5.80. The van der Waals surface area contributed by atoms with Crippen LogP contribution in [0.3, 0.4) is 0 Å². The first-order valence-corrected chi connectivity index (χ1v) is 7.97. The lowest BCUT2D eigenvalue weighted by molar-refractivity contribution is -0.143. The zero-order valence-corrected chi connectivity index (χ0v) is 12.6. The molecule has 0 bridgehead atoms. The average Bonchev–Trinajstić information content (AvgIpc) is 2.97. The molecule has 1 saturated heterocycles. The van der Waals surface area contributed by atoms with Crippen LogP contribution in [0.1, 0.15) is 44.9 Å². The van der Waals surface area contributed by atoms with Crippen LogP contribution in [0.2, 0.25) is 0 Å². The van der Waals surface area contributed by atoms with Crippen molar-refractivity contribution in [3.63, 3.8) is 0 Å². The minimum Gasteiger partial charge on any atom is -0.347 e. The molecule has 2 fully saturated rings. The van der Waals surface area contributed by atoms with E-state index in [2.05, 4.69) is 0 Å². The average molecular weight is 320 g/mol. The van der Waals surface area contributed by atoms with Crippen molar-refractivity contribution in [2.75, 3.05) is 19.6 Å². The Bertz CT molecular complexity index is 398. The summed E-state index contributed by atoms with van der Waals surface area (Å²) in [5, 5.41) is 1.93. The molecule has 2 amide bonds. The molecule has 126 valence electrons. The van der Waals surface area contributed by atoms with Gasteiger partial charge in [-0.2, -0.15) is 13.2 Å². The van der Waals surface area contributed by atoms with Crippen LogP contribution < -0.4 is 5.32 Å². The minimum absolute atomic E-state index is 0.126. The third-order valence-corrected chi connectivity index (χ3v) is 4.62. The van der Waals surface area contributed by atoms with Crippen molar-refractivity contribution in [3.8, 4) is 0 Å². The fourth-order valence-electron chi connectivity index (χ4n) is 3.31. The summed E-state index contributed by atoms with van der Waals surface area (Å²) in [7, 11) is 0. The molecule has 1 saturated carbocycles. The molecule has 0 aromatic heterocycles. The second-order valence-electron chi connectivity index (χ2n) is 6.34. The summed E-state index contributed by atoms with van der Waals surface area (Å²) in [5.74, 6) is -0.362. The largest absolute Gasteiger partial charge is 0.405 e. The number of hydrogen-bond acceptors (Lipinski definition) is 2. The van der Waals surface area contributed by atoms with E-state index < -0.39 is 24.5 Å². The Kier molecular flexibility index (Phi) is 5.69. The molecule has 0 unspecified atom stereocenters. The van der Waals surface area contributed by atoms with Gasteiger partial charge in [0.25, 0.3) is 0 Å². The first-order valence-electron chi connectivity index (χ1n) is 7.97. The highest BCUT2D eigenvalue weighted by atomic mass is 19.4. The maximum Gasteiger partial charge on any atom is 0.405 e. The Balaban J connectivity index is 1.70. The lowest BCUT2D eigenvalue weighted by atomic mass is 9.95. The van der Waals surface area contributed by atoms with Gasteiger partial charge >= 0.3 is 6.18 Å². The molecule has 2 rings (SSSR count). The first-order chi connectivity index (χ1) is 10.3. The van der Waals surface area contributed by atoms with Crippen molar-refractivity contribution in [2.45, 2.75) is 51.1 Å². The van der Waals surface area contributed by atoms with Gasteiger partial charge in [-0.25, -0.2) is 0 Å². The number of piperidine rings is 1. The van der Waals surface area contributed by atoms with Crippen molar-refractivity contribution in [1.29, 1.82) is 0 Å². The van der Waals surface area contributed by atoms with E-state index >= 15 is 0 Å². The van der Waals surface area contributed by atoms with Gasteiger partial charge in [-0.1, -0.05) is 12.8 Å². The Labute approximate surface area is 128 Å². The van der Waals surface area contributed by atoms with Crippen molar-refractivity contribution in [2.24, 2.45) is 11.8 Å². The highest BCUT2D eigenvalue weighted by Gasteiger charge is 2.32. The number of likely N-dealkylation sites (tertiary alicyclic amines) is 1. The molecule has 1 aliphatic carbocycles. The zero-order valence-electron chi connectivity index (χ0n) is 12.6. The van der Waals surface area contributed by atoms with Crippen molar-refractivity contribution in [3.05, 3.63) is 0 Å². The van der Waals surface area contributed by atoms with Gasteiger partial charge in [0.1, 0.15) is 6.54 Å². The highest BCUT2D eigenvalue weighted by Crippen LogP contribution is 2.29. The van der Waals surface area contributed by atoms with Gasteiger partial charge in [-0.3, -0.25) is 9.59 Å². The maximum atomic E-state index is 12.2. The number of alkyl halides is 3. The van der Waals surface area contributed by atoms with Crippen LogP contribution in [0.15, 0.2) is 0 Å². The summed E-state index contributed by atoms with van der Waals surface area (Å²) >= 11 is 0. The summed E-state index contributed by atoms with van der Waals surface area (Å²) in [4.78, 5) is 25.6. The van der Waals surface area contributed by atoms with E-state index in [1.807, 2.05) is 5.32 Å². The summed E-state index contributed by atoms with van der Waals surface area (Å²) in [6, 6.07) is 0. The van der Waals surface area contributed by atoms with Gasteiger partial charge in [-0.05, 0) is 31.6 Å². The van der Waals surface area contributed by atoms with Crippen LogP contribution >= 0.6 is 0 Å². The smallest absolute Gasteiger partial charge is 0.347 e. The fraction of sp³-hybridized carbons (Fsp3) is 0.867. The number of amides is 2. The summed E-state index contributed by atoms with van der Waals surface area (Å²) in [5.41, 5.74) is 0. The normalized spacial score (nSPS) is 21.1. The second-order valence-corrected chi connectivity index (χ2v) is 6.34. The number of carbonyl (C=O) groups excluding carboxylic acids is 2. The molecular formula is C15H23F3N2O2. The molecule has 22 heavy (non-hydrogen) atoms. The van der Waals surface area contributed by atoms with Gasteiger partial charge in [-0.15, -0.1) is 0 Å². The molecule has 7 heteroatoms. The third-order valence-electron chi connectivity index (χ3n) is 4.62. The van der Waals surface area contributed by atoms with Crippen LogP contribution in [0, 0.1) is 11.8 Å². The number of nitrogens with zero attached hydrogens (tertiary/aromatic N) is 1. The van der Waals surface area contributed by atoms with Crippen molar-refractivity contribution in [1.82, 2.24) is 10.2 Å². The molecule has 0 atom stereocenters. The maximum absolute atomic E-state index is 12.2. The van der Waals surface area contributed by atoms with Gasteiger partial charge in [0.15, 0.2) is 0 Å². The number of hydrogen-bond donors (Lipinski definition) is 1. The van der Waals surface area contributed by atoms with E-state index in [1.165, 1.54) is 12.8 Å². The monoisotopic (exact) mass is 320 g/mol. The summed E-state index contributed by atoms with van der Waals surface area (Å²) in [6.45, 7) is -0.349. The molecule has 0 spiro atoms. The minimum atomic E-state index is -4.38. The first kappa shape index (κ1) is 17.1. The SMILES string of the molecule is O=C(NCC(F)(F)F)C1CCN(C(=O)CC2CCCC2)CC1. The number of nitrogens with one attached hydrogen (secondary N) is 1. The van der Waals surface area contributed by atoms with Crippen LogP contribution in [-0.4, -0.2) is 42.5 Å². The predicted molar refractivity (Wildman–Crippen MR) is 74.9 cm³/mol. The van der Waals surface area contributed by atoms with E-state index in [-0.39, 0.29) is 5.91 Å². The molecule has 0 radical (unpaired) electrons. The zero-order chi connectivity index (χ0) is 16.2. The Hall–Kier alpha value is -1.27. The number of halogens is 3. The number of carbonyl (C=O) groups is 2. The van der Waals surface area contributed by atoms with Crippen LogP contribution in [0.5, 0.6) is 0 Å². The van der Waals surface area contributed by atoms with Crippen LogP contribution in [0.4, 0.5) is 13.2 Å². The molecule has 1 N–H and O–H groups in total. The van der Waals surface area contributed by atoms with Crippen molar-refractivity contribution < 1.29 is 22.8 Å². The molecular weight excluding hydrogens is 297 g/mol. The van der Waals surface area contributed by atoms with E-state index in [0.717, 1.165) is 12.8 Å². The Morgan fingerprint density at radius 3 is 2.18 bits per heavy atom. The lowest BCUT2D eigenvalue weighted by Gasteiger charge is -2.32. The van der Waals surface area contributed by atoms with E-state index in [9.17, 15) is 22.8 Å². The topological polar surface area (TPSA) is 49.4 Å². The Morgan fingerprint density at radius 1 is 1.05 bits per heavy atom. The van der Waals surface area contributed by atoms with Gasteiger partial charge in [0.2, 0.25) is 11.8 Å². The van der Waals surface area contributed by atoms with Crippen LogP contribution in [-0.2, 0) is 9.59 Å². The predicted octanol–water partition coefficient (Wildman–Crippen LogP) is 2.48. The van der Waals surface area contributed by atoms with E-state index in [0.29, 0.717) is 38.3 Å². The standard InChI is InChI=1S/C15H23F3N2O2/c16-15(17,18)10-19-14(22)12-5-7-20(8-6-12)13(21)9-11-3-1-2-4-11/h11-12H,1-10H2,(H,19,22). The van der Waals surface area contributed by atoms with Gasteiger partial charge in [0.05, 0.1) is 0 Å². The number of rotatable bonds is 4. The molecule has 0 aromatic rings. The fourth-order valence-corrected chi connectivity index (χ4v) is 3.31. The van der Waals surface area contributed by atoms with Gasteiger partial charge < -0.3 is 10.2 Å². The molecule has 4 nitrogen and oxygen atoms in total. The van der Waals surface area contributed by atoms with Crippen LogP contribution in [0.25, 0.3) is 0 Å². The van der Waals surface area contributed by atoms with E-state index in [1.54, 1.807) is 4.90 Å². The second kappa shape index (κ2) is 7.33. The Morgan fingerprint density at radius 2 is 1.64 bits per heavy atom. The quantitative estimate of drug-likeness (QED) is 0.865. The summed E-state index contributed by atoms with van der Waals surface area (Å²) < 4.78 is 36.2.